The van der Waals surface area contributed by atoms with E-state index in [0.29, 0.717) is 12.8 Å². The summed E-state index contributed by atoms with van der Waals surface area (Å²) in [4.78, 5) is 12.5. The highest BCUT2D eigenvalue weighted by molar-refractivity contribution is 5.80. The normalized spacial score (nSPS) is 14.2. The summed E-state index contributed by atoms with van der Waals surface area (Å²) in [6.45, 7) is 4.00. The highest BCUT2D eigenvalue weighted by atomic mass is 16.3. The molecule has 0 spiro atoms. The Bertz CT molecular complexity index is 832. The van der Waals surface area contributed by atoms with Gasteiger partial charge in [0.25, 0.3) is 0 Å². The van der Waals surface area contributed by atoms with E-state index in [1.54, 1.807) is 0 Å². The average molecular weight is 778 g/mol. The summed E-state index contributed by atoms with van der Waals surface area (Å²) in [5, 5.41) is 43.5. The van der Waals surface area contributed by atoms with E-state index in [2.05, 4.69) is 43.5 Å². The monoisotopic (exact) mass is 778 g/mol. The predicted molar refractivity (Wildman–Crippen MR) is 237 cm³/mol. The highest BCUT2D eigenvalue weighted by Gasteiger charge is 2.28. The summed E-state index contributed by atoms with van der Waals surface area (Å²) in [5.41, 5.74) is 0. The number of allylic oxidation sites excluding steroid dienone is 4. The Morgan fingerprint density at radius 2 is 0.745 bits per heavy atom. The maximum Gasteiger partial charge on any atom is 0.249 e. The van der Waals surface area contributed by atoms with Crippen molar-refractivity contribution in [3.8, 4) is 0 Å². The van der Waals surface area contributed by atoms with Gasteiger partial charge >= 0.3 is 0 Å². The summed E-state index contributed by atoms with van der Waals surface area (Å²) < 4.78 is 0. The predicted octanol–water partition coefficient (Wildman–Crippen LogP) is 13.1. The van der Waals surface area contributed by atoms with E-state index in [1.165, 1.54) is 186 Å². The largest absolute Gasteiger partial charge is 0.394 e. The minimum Gasteiger partial charge on any atom is -0.394 e. The second kappa shape index (κ2) is 43.9. The van der Waals surface area contributed by atoms with Gasteiger partial charge in [0.15, 0.2) is 0 Å². The van der Waals surface area contributed by atoms with Crippen molar-refractivity contribution in [3.05, 3.63) is 24.3 Å². The van der Waals surface area contributed by atoms with Crippen LogP contribution in [0.1, 0.15) is 251 Å². The van der Waals surface area contributed by atoms with Crippen molar-refractivity contribution >= 4 is 5.91 Å². The molecular formula is C49H95NO5. The first-order chi connectivity index (χ1) is 27.0. The Kier molecular flexibility index (Phi) is 42.9. The molecule has 0 aromatic rings. The average Bonchev–Trinajstić information content (AvgIpc) is 3.19. The number of carbonyl (C=O) groups excluding carboxylic acids is 1. The van der Waals surface area contributed by atoms with E-state index in [9.17, 15) is 25.2 Å². The molecule has 0 aliphatic carbocycles. The van der Waals surface area contributed by atoms with Crippen molar-refractivity contribution in [2.75, 3.05) is 6.61 Å². The van der Waals surface area contributed by atoms with Crippen molar-refractivity contribution in [3.63, 3.8) is 0 Å². The SMILES string of the molecule is CCCCCC/C=C/CCCC(O)C(O)C(CO)NC(=O)C(O)CCCCCCCCCCCCCCCC/C=C\CCCCCCCCCCCCCC. The zero-order chi connectivity index (χ0) is 40.3. The minimum absolute atomic E-state index is 0.365. The van der Waals surface area contributed by atoms with Crippen LogP contribution < -0.4 is 5.32 Å². The standard InChI is InChI=1S/C49H95NO5/c1-3-5-7-9-11-13-14-15-16-17-18-19-20-21-22-23-24-25-26-27-28-29-30-31-32-33-35-37-39-41-43-47(53)49(55)50-45(44-51)48(54)46(52)42-40-38-36-34-12-10-8-6-4-2/h21-22,34,36,45-48,51-54H,3-20,23-33,35,37-44H2,1-2H3,(H,50,55)/b22-21-,36-34+. The van der Waals surface area contributed by atoms with E-state index in [1.807, 2.05) is 0 Å². The van der Waals surface area contributed by atoms with E-state index >= 15 is 0 Å². The summed E-state index contributed by atoms with van der Waals surface area (Å²) in [5.74, 6) is -0.594. The Balaban J connectivity index is 3.56. The smallest absolute Gasteiger partial charge is 0.249 e. The number of rotatable bonds is 44. The Morgan fingerprint density at radius 1 is 0.436 bits per heavy atom. The maximum atomic E-state index is 12.5. The molecule has 0 fully saturated rings. The van der Waals surface area contributed by atoms with Crippen LogP contribution in [-0.2, 0) is 4.79 Å². The van der Waals surface area contributed by atoms with Gasteiger partial charge in [0, 0.05) is 0 Å². The molecule has 0 bridgehead atoms. The van der Waals surface area contributed by atoms with Gasteiger partial charge in [0.1, 0.15) is 12.2 Å². The van der Waals surface area contributed by atoms with Crippen molar-refractivity contribution < 1.29 is 25.2 Å². The highest BCUT2D eigenvalue weighted by Crippen LogP contribution is 2.16. The molecule has 4 atom stereocenters. The molecule has 0 rings (SSSR count). The first-order valence-corrected chi connectivity index (χ1v) is 24.2. The quantitative estimate of drug-likeness (QED) is 0.0313. The first kappa shape index (κ1) is 53.8. The number of aliphatic hydroxyl groups excluding tert-OH is 4. The maximum absolute atomic E-state index is 12.5. The Morgan fingerprint density at radius 3 is 1.11 bits per heavy atom. The van der Waals surface area contributed by atoms with Crippen LogP contribution in [0.25, 0.3) is 0 Å². The van der Waals surface area contributed by atoms with Crippen molar-refractivity contribution in [2.45, 2.75) is 276 Å². The Hall–Kier alpha value is -1.21. The first-order valence-electron chi connectivity index (χ1n) is 24.2. The number of aliphatic hydroxyl groups is 4. The third-order valence-corrected chi connectivity index (χ3v) is 11.4. The summed E-state index contributed by atoms with van der Waals surface area (Å²) in [6.07, 6.45) is 51.1. The molecule has 0 aromatic carbocycles. The molecule has 0 aliphatic heterocycles. The molecule has 0 radical (unpaired) electrons. The van der Waals surface area contributed by atoms with Gasteiger partial charge in [0.05, 0.1) is 18.8 Å². The Labute approximate surface area is 342 Å². The van der Waals surface area contributed by atoms with E-state index in [4.69, 9.17) is 0 Å². The van der Waals surface area contributed by atoms with Crippen LogP contribution >= 0.6 is 0 Å². The van der Waals surface area contributed by atoms with Gasteiger partial charge in [-0.3, -0.25) is 4.79 Å². The molecule has 0 heterocycles. The van der Waals surface area contributed by atoms with Gasteiger partial charge in [-0.15, -0.1) is 0 Å². The van der Waals surface area contributed by atoms with Gasteiger partial charge < -0.3 is 25.7 Å². The summed E-state index contributed by atoms with van der Waals surface area (Å²) >= 11 is 0. The van der Waals surface area contributed by atoms with Gasteiger partial charge in [-0.2, -0.15) is 0 Å². The molecule has 1 amide bonds. The summed E-state index contributed by atoms with van der Waals surface area (Å²) in [7, 11) is 0. The fourth-order valence-corrected chi connectivity index (χ4v) is 7.52. The molecule has 6 heteroatoms. The van der Waals surface area contributed by atoms with Gasteiger partial charge in [-0.1, -0.05) is 212 Å². The molecule has 0 aliphatic rings. The van der Waals surface area contributed by atoms with Crippen LogP contribution in [0, 0.1) is 0 Å². The van der Waals surface area contributed by atoms with Gasteiger partial charge in [0.2, 0.25) is 5.91 Å². The number of hydrogen-bond acceptors (Lipinski definition) is 5. The third-order valence-electron chi connectivity index (χ3n) is 11.4. The van der Waals surface area contributed by atoms with E-state index < -0.39 is 36.9 Å². The van der Waals surface area contributed by atoms with Crippen LogP contribution in [0.15, 0.2) is 24.3 Å². The van der Waals surface area contributed by atoms with Crippen LogP contribution in [0.2, 0.25) is 0 Å². The lowest BCUT2D eigenvalue weighted by molar-refractivity contribution is -0.132. The summed E-state index contributed by atoms with van der Waals surface area (Å²) in [6, 6.07) is -0.998. The van der Waals surface area contributed by atoms with Crippen LogP contribution in [0.3, 0.4) is 0 Å². The molecule has 326 valence electrons. The molecule has 5 N–H and O–H groups in total. The van der Waals surface area contributed by atoms with Crippen molar-refractivity contribution in [1.82, 2.24) is 5.32 Å². The molecule has 0 saturated heterocycles. The topological polar surface area (TPSA) is 110 Å². The molecule has 55 heavy (non-hydrogen) atoms. The second-order valence-corrected chi connectivity index (χ2v) is 16.8. The fourth-order valence-electron chi connectivity index (χ4n) is 7.52. The molecular weight excluding hydrogens is 683 g/mol. The lowest BCUT2D eigenvalue weighted by atomic mass is 10.00. The zero-order valence-corrected chi connectivity index (χ0v) is 36.7. The zero-order valence-electron chi connectivity index (χ0n) is 36.7. The number of unbranched alkanes of at least 4 members (excludes halogenated alkanes) is 31. The minimum atomic E-state index is -1.28. The van der Waals surface area contributed by atoms with E-state index in [-0.39, 0.29) is 0 Å². The van der Waals surface area contributed by atoms with Crippen LogP contribution in [-0.4, -0.2) is 57.3 Å². The van der Waals surface area contributed by atoms with Crippen LogP contribution in [0.5, 0.6) is 0 Å². The third kappa shape index (κ3) is 38.1. The lowest BCUT2D eigenvalue weighted by Gasteiger charge is -2.27. The molecule has 0 saturated carbocycles. The van der Waals surface area contributed by atoms with Crippen molar-refractivity contribution in [2.24, 2.45) is 0 Å². The number of amides is 1. The molecule has 4 unspecified atom stereocenters. The molecule has 0 aromatic heterocycles. The van der Waals surface area contributed by atoms with Gasteiger partial charge in [-0.05, 0) is 64.2 Å². The van der Waals surface area contributed by atoms with Gasteiger partial charge in [-0.25, -0.2) is 0 Å². The number of carbonyl (C=O) groups is 1. The van der Waals surface area contributed by atoms with Crippen molar-refractivity contribution in [1.29, 1.82) is 0 Å². The second-order valence-electron chi connectivity index (χ2n) is 16.8. The fraction of sp³-hybridized carbons (Fsp3) is 0.898. The number of nitrogens with one attached hydrogen (secondary N) is 1. The lowest BCUT2D eigenvalue weighted by Crippen LogP contribution is -2.53. The number of hydrogen-bond donors (Lipinski definition) is 5. The van der Waals surface area contributed by atoms with Crippen LogP contribution in [0.4, 0.5) is 0 Å². The van der Waals surface area contributed by atoms with E-state index in [0.717, 1.165) is 38.5 Å². The molecule has 6 nitrogen and oxygen atoms in total.